The van der Waals surface area contributed by atoms with E-state index in [1.165, 1.54) is 11.9 Å². The van der Waals surface area contributed by atoms with E-state index in [-0.39, 0.29) is 18.8 Å². The van der Waals surface area contributed by atoms with Crippen molar-refractivity contribution in [3.05, 3.63) is 0 Å². The number of rotatable bonds is 6. The lowest BCUT2D eigenvalue weighted by Gasteiger charge is -2.14. The summed E-state index contributed by atoms with van der Waals surface area (Å²) in [4.78, 5) is 1.46. The molecule has 0 saturated carbocycles. The molecule has 86 valence electrons. The molecule has 0 aliphatic heterocycles. The predicted molar refractivity (Wildman–Crippen MR) is 51.9 cm³/mol. The topological polar surface area (TPSA) is 118 Å². The summed E-state index contributed by atoms with van der Waals surface area (Å²) in [6.45, 7) is 0.197. The van der Waals surface area contributed by atoms with E-state index in [2.05, 4.69) is 0 Å². The third-order valence-electron chi connectivity index (χ3n) is 1.49. The van der Waals surface area contributed by atoms with E-state index in [0.29, 0.717) is 0 Å². The Hall–Kier alpha value is -0.220. The van der Waals surface area contributed by atoms with Gasteiger partial charge in [0.1, 0.15) is 0 Å². The number of hydrogen-bond donors (Lipinski definition) is 2. The second kappa shape index (κ2) is 5.03. The number of sulfonamides is 1. The molecule has 0 bridgehead atoms. The van der Waals surface area contributed by atoms with Crippen LogP contribution in [0.5, 0.6) is 0 Å². The maximum Gasteiger partial charge on any atom is 0.266 e. The largest absolute Gasteiger partial charge is 0.304 e. The van der Waals surface area contributed by atoms with Gasteiger partial charge in [-0.25, -0.2) is 13.6 Å². The van der Waals surface area contributed by atoms with Crippen molar-refractivity contribution in [2.75, 3.05) is 31.6 Å². The highest BCUT2D eigenvalue weighted by Gasteiger charge is 2.09. The molecular weight excluding hydrogens is 232 g/mol. The van der Waals surface area contributed by atoms with Crippen molar-refractivity contribution in [3.8, 4) is 0 Å². The molecule has 9 heteroatoms. The molecule has 0 aromatic carbocycles. The third-order valence-corrected chi connectivity index (χ3v) is 2.94. The molecule has 0 spiro atoms. The average Bonchev–Trinajstić information content (AvgIpc) is 1.94. The van der Waals surface area contributed by atoms with Crippen LogP contribution in [0.4, 0.5) is 0 Å². The smallest absolute Gasteiger partial charge is 0.266 e. The number of nitrogens with two attached hydrogens (primary N) is 1. The Balaban J connectivity index is 3.84. The van der Waals surface area contributed by atoms with Gasteiger partial charge in [0.05, 0.1) is 11.5 Å². The Morgan fingerprint density at radius 3 is 1.93 bits per heavy atom. The fourth-order valence-electron chi connectivity index (χ4n) is 0.666. The Kier molecular flexibility index (Phi) is 4.95. The van der Waals surface area contributed by atoms with E-state index >= 15 is 0 Å². The summed E-state index contributed by atoms with van der Waals surface area (Å²) in [5.41, 5.74) is 0. The Morgan fingerprint density at radius 2 is 1.57 bits per heavy atom. The molecule has 0 aliphatic rings. The van der Waals surface area contributed by atoms with Crippen LogP contribution in [0.25, 0.3) is 0 Å². The minimum atomic E-state index is -4.00. The number of hydrogen-bond acceptors (Lipinski definition) is 5. The van der Waals surface area contributed by atoms with Crippen molar-refractivity contribution in [1.82, 2.24) is 4.90 Å². The molecule has 0 atom stereocenters. The maximum absolute atomic E-state index is 10.5. The highest BCUT2D eigenvalue weighted by atomic mass is 32.2. The lowest BCUT2D eigenvalue weighted by molar-refractivity contribution is 0.368. The monoisotopic (exact) mass is 246 g/mol. The van der Waals surface area contributed by atoms with Gasteiger partial charge in [0.15, 0.2) is 0 Å². The summed E-state index contributed by atoms with van der Waals surface area (Å²) in [7, 11) is -5.98. The quantitative estimate of drug-likeness (QED) is 0.528. The van der Waals surface area contributed by atoms with Crippen LogP contribution in [-0.4, -0.2) is 57.9 Å². The highest BCUT2D eigenvalue weighted by molar-refractivity contribution is 7.89. The lowest BCUT2D eigenvalue weighted by atomic mass is 10.6. The molecule has 7 nitrogen and oxygen atoms in total. The fourth-order valence-corrected chi connectivity index (χ4v) is 1.77. The van der Waals surface area contributed by atoms with Crippen LogP contribution in [0.2, 0.25) is 0 Å². The molecule has 3 N–H and O–H groups in total. The van der Waals surface area contributed by atoms with Crippen LogP contribution >= 0.6 is 0 Å². The van der Waals surface area contributed by atoms with Crippen LogP contribution in [-0.2, 0) is 20.1 Å². The number of nitrogens with zero attached hydrogens (tertiary/aromatic N) is 1. The minimum Gasteiger partial charge on any atom is -0.304 e. The summed E-state index contributed by atoms with van der Waals surface area (Å²) < 4.78 is 50.1. The molecule has 0 aromatic rings. The van der Waals surface area contributed by atoms with Crippen LogP contribution in [0.15, 0.2) is 0 Å². The van der Waals surface area contributed by atoms with E-state index in [9.17, 15) is 16.8 Å². The summed E-state index contributed by atoms with van der Waals surface area (Å²) in [5.74, 6) is -0.664. The second-order valence-electron chi connectivity index (χ2n) is 2.96. The first-order chi connectivity index (χ1) is 6.10. The van der Waals surface area contributed by atoms with Crippen molar-refractivity contribution in [2.45, 2.75) is 0 Å². The van der Waals surface area contributed by atoms with E-state index in [0.717, 1.165) is 0 Å². The van der Waals surface area contributed by atoms with Gasteiger partial charge in [-0.1, -0.05) is 0 Å². The normalized spacial score (nSPS) is 13.4. The van der Waals surface area contributed by atoms with Gasteiger partial charge in [0.25, 0.3) is 10.1 Å². The summed E-state index contributed by atoms with van der Waals surface area (Å²) in [6.07, 6.45) is 0. The molecule has 0 aliphatic carbocycles. The summed E-state index contributed by atoms with van der Waals surface area (Å²) in [5, 5.41) is 4.74. The zero-order chi connectivity index (χ0) is 11.4. The zero-order valence-corrected chi connectivity index (χ0v) is 9.38. The standard InChI is InChI=1S/C5H14N2O5S2/c1-7(2-4-13(6,8)9)3-5-14(10,11)12/h2-5H2,1H3,(H2,6,8,9)(H,10,11,12). The van der Waals surface area contributed by atoms with Gasteiger partial charge < -0.3 is 4.90 Å². The van der Waals surface area contributed by atoms with Crippen molar-refractivity contribution < 1.29 is 21.4 Å². The van der Waals surface area contributed by atoms with Gasteiger partial charge >= 0.3 is 0 Å². The first-order valence-electron chi connectivity index (χ1n) is 3.74. The van der Waals surface area contributed by atoms with Gasteiger partial charge in [-0.15, -0.1) is 0 Å². The SMILES string of the molecule is CN(CCS(N)(=O)=O)CCS(=O)(=O)O. The predicted octanol–water partition coefficient (Wildman–Crippen LogP) is -1.91. The average molecular weight is 246 g/mol. The van der Waals surface area contributed by atoms with Gasteiger partial charge in [0.2, 0.25) is 10.0 Å². The Morgan fingerprint density at radius 1 is 1.14 bits per heavy atom. The summed E-state index contributed by atoms with van der Waals surface area (Å²) >= 11 is 0. The Bertz CT molecular complexity index is 324. The zero-order valence-electron chi connectivity index (χ0n) is 7.75. The molecule has 0 rings (SSSR count). The third kappa shape index (κ3) is 9.86. The molecule has 0 fully saturated rings. The lowest BCUT2D eigenvalue weighted by Crippen LogP contribution is -2.32. The van der Waals surface area contributed by atoms with Crippen LogP contribution in [0, 0.1) is 0 Å². The van der Waals surface area contributed by atoms with E-state index in [1.807, 2.05) is 0 Å². The van der Waals surface area contributed by atoms with Crippen molar-refractivity contribution >= 4 is 20.1 Å². The fraction of sp³-hybridized carbons (Fsp3) is 1.00. The van der Waals surface area contributed by atoms with Crippen LogP contribution in [0.3, 0.4) is 0 Å². The van der Waals surface area contributed by atoms with Gasteiger partial charge in [-0.2, -0.15) is 8.42 Å². The van der Waals surface area contributed by atoms with E-state index < -0.39 is 25.9 Å². The van der Waals surface area contributed by atoms with Gasteiger partial charge in [0, 0.05) is 13.1 Å². The van der Waals surface area contributed by atoms with E-state index in [1.54, 1.807) is 0 Å². The molecule has 0 amide bonds. The van der Waals surface area contributed by atoms with Crippen LogP contribution < -0.4 is 5.14 Å². The van der Waals surface area contributed by atoms with Crippen molar-refractivity contribution in [2.24, 2.45) is 5.14 Å². The Labute approximate surface area is 83.7 Å². The molecule has 0 aromatic heterocycles. The number of primary sulfonamides is 1. The van der Waals surface area contributed by atoms with E-state index in [4.69, 9.17) is 9.69 Å². The van der Waals surface area contributed by atoms with Gasteiger partial charge in [-0.3, -0.25) is 4.55 Å². The van der Waals surface area contributed by atoms with Crippen molar-refractivity contribution in [3.63, 3.8) is 0 Å². The second-order valence-corrected chi connectivity index (χ2v) is 6.26. The van der Waals surface area contributed by atoms with Gasteiger partial charge in [-0.05, 0) is 7.05 Å². The first-order valence-corrected chi connectivity index (χ1v) is 7.07. The molecule has 0 heterocycles. The minimum absolute atomic E-state index is 0.0638. The molecule has 0 radical (unpaired) electrons. The molecular formula is C5H14N2O5S2. The molecule has 0 saturated heterocycles. The maximum atomic E-state index is 10.5. The first kappa shape index (κ1) is 13.8. The molecule has 14 heavy (non-hydrogen) atoms. The summed E-state index contributed by atoms with van der Waals surface area (Å²) in [6, 6.07) is 0. The van der Waals surface area contributed by atoms with Crippen LogP contribution in [0.1, 0.15) is 0 Å². The molecule has 0 unspecified atom stereocenters. The highest BCUT2D eigenvalue weighted by Crippen LogP contribution is 1.88. The van der Waals surface area contributed by atoms with Crippen molar-refractivity contribution in [1.29, 1.82) is 0 Å².